The van der Waals surface area contributed by atoms with Gasteiger partial charge in [-0.05, 0) is 25.0 Å². The van der Waals surface area contributed by atoms with Crippen LogP contribution < -0.4 is 21.3 Å². The fourth-order valence-corrected chi connectivity index (χ4v) is 3.95. The molecule has 2 unspecified atom stereocenters. The Bertz CT molecular complexity index is 1190. The number of alkyl carbamates (subject to hydrolysis) is 1. The molecule has 1 aliphatic rings. The molecule has 0 spiro atoms. The predicted molar refractivity (Wildman–Crippen MR) is 147 cm³/mol. The van der Waals surface area contributed by atoms with E-state index in [1.807, 2.05) is 60.7 Å². The SMILES string of the molecule is COC(=O)[C@@H](C)NC(=O)[C@H](C)NC(=O)CC1OC1CNC(=O)[C@H](Cc1ccccc1)NC(=O)OCc1ccccc1. The van der Waals surface area contributed by atoms with E-state index in [1.165, 1.54) is 21.0 Å². The van der Waals surface area contributed by atoms with Crippen LogP contribution in [0.15, 0.2) is 60.7 Å². The van der Waals surface area contributed by atoms with E-state index >= 15 is 0 Å². The number of epoxide rings is 1. The van der Waals surface area contributed by atoms with Gasteiger partial charge in [-0.3, -0.25) is 14.4 Å². The molecule has 1 saturated heterocycles. The number of esters is 1. The summed E-state index contributed by atoms with van der Waals surface area (Å²) < 4.78 is 15.4. The average molecular weight is 569 g/mol. The normalized spacial score (nSPS) is 17.6. The quantitative estimate of drug-likeness (QED) is 0.193. The lowest BCUT2D eigenvalue weighted by atomic mass is 10.1. The number of nitrogens with one attached hydrogen (secondary N) is 4. The van der Waals surface area contributed by atoms with Crippen LogP contribution in [0.25, 0.3) is 0 Å². The summed E-state index contributed by atoms with van der Waals surface area (Å²) >= 11 is 0. The molecule has 0 aromatic heterocycles. The van der Waals surface area contributed by atoms with Crippen molar-refractivity contribution >= 4 is 29.8 Å². The van der Waals surface area contributed by atoms with Crippen LogP contribution in [-0.2, 0) is 46.4 Å². The Morgan fingerprint density at radius 3 is 2.07 bits per heavy atom. The summed E-state index contributed by atoms with van der Waals surface area (Å²) in [5, 5.41) is 10.4. The molecular formula is C29H36N4O8. The topological polar surface area (TPSA) is 164 Å². The van der Waals surface area contributed by atoms with Gasteiger partial charge in [-0.1, -0.05) is 60.7 Å². The summed E-state index contributed by atoms with van der Waals surface area (Å²) in [7, 11) is 1.21. The maximum Gasteiger partial charge on any atom is 0.408 e. The van der Waals surface area contributed by atoms with Crippen LogP contribution in [-0.4, -0.2) is 73.8 Å². The zero-order valence-electron chi connectivity index (χ0n) is 23.3. The van der Waals surface area contributed by atoms with Gasteiger partial charge in [0.15, 0.2) is 0 Å². The van der Waals surface area contributed by atoms with Crippen molar-refractivity contribution < 1.29 is 38.2 Å². The summed E-state index contributed by atoms with van der Waals surface area (Å²) in [4.78, 5) is 61.5. The van der Waals surface area contributed by atoms with Crippen LogP contribution >= 0.6 is 0 Å². The number of carbonyl (C=O) groups is 5. The third kappa shape index (κ3) is 10.6. The predicted octanol–water partition coefficient (Wildman–Crippen LogP) is 0.980. The van der Waals surface area contributed by atoms with E-state index in [-0.39, 0.29) is 26.0 Å². The fraction of sp³-hybridized carbons (Fsp3) is 0.414. The molecule has 220 valence electrons. The van der Waals surface area contributed by atoms with Gasteiger partial charge in [-0.15, -0.1) is 0 Å². The minimum absolute atomic E-state index is 0.0117. The number of rotatable bonds is 14. The first kappa shape index (κ1) is 31.1. The number of amides is 4. The molecule has 1 fully saturated rings. The van der Waals surface area contributed by atoms with Gasteiger partial charge < -0.3 is 35.5 Å². The van der Waals surface area contributed by atoms with Crippen molar-refractivity contribution in [1.29, 1.82) is 0 Å². The largest absolute Gasteiger partial charge is 0.467 e. The Morgan fingerprint density at radius 1 is 0.805 bits per heavy atom. The van der Waals surface area contributed by atoms with Crippen molar-refractivity contribution in [3.8, 4) is 0 Å². The molecule has 41 heavy (non-hydrogen) atoms. The summed E-state index contributed by atoms with van der Waals surface area (Å²) in [6.07, 6.45) is -1.31. The lowest BCUT2D eigenvalue weighted by Gasteiger charge is -2.18. The van der Waals surface area contributed by atoms with Gasteiger partial charge in [0.05, 0.1) is 19.6 Å². The summed E-state index contributed by atoms with van der Waals surface area (Å²) in [6, 6.07) is 15.8. The number of ether oxygens (including phenoxy) is 3. The van der Waals surface area contributed by atoms with E-state index in [0.717, 1.165) is 11.1 Å². The number of benzene rings is 2. The second-order valence-corrected chi connectivity index (χ2v) is 9.65. The lowest BCUT2D eigenvalue weighted by Crippen LogP contribution is -2.50. The first-order valence-corrected chi connectivity index (χ1v) is 13.3. The first-order valence-electron chi connectivity index (χ1n) is 13.3. The molecule has 3 rings (SSSR count). The maximum atomic E-state index is 13.0. The molecule has 1 heterocycles. The fourth-order valence-electron chi connectivity index (χ4n) is 3.95. The molecule has 2 aromatic carbocycles. The van der Waals surface area contributed by atoms with E-state index in [4.69, 9.17) is 9.47 Å². The van der Waals surface area contributed by atoms with Gasteiger partial charge >= 0.3 is 12.1 Å². The highest BCUT2D eigenvalue weighted by Crippen LogP contribution is 2.24. The van der Waals surface area contributed by atoms with Crippen molar-refractivity contribution in [2.24, 2.45) is 0 Å². The zero-order chi connectivity index (χ0) is 29.8. The van der Waals surface area contributed by atoms with Crippen molar-refractivity contribution in [3.05, 3.63) is 71.8 Å². The summed E-state index contributed by atoms with van der Waals surface area (Å²) in [5.41, 5.74) is 1.67. The van der Waals surface area contributed by atoms with Crippen LogP contribution in [0.3, 0.4) is 0 Å². The molecule has 0 aliphatic carbocycles. The third-order valence-corrected chi connectivity index (χ3v) is 6.34. The van der Waals surface area contributed by atoms with E-state index < -0.39 is 60.1 Å². The van der Waals surface area contributed by atoms with Crippen LogP contribution in [0, 0.1) is 0 Å². The average Bonchev–Trinajstić information content (AvgIpc) is 3.72. The monoisotopic (exact) mass is 568 g/mol. The second-order valence-electron chi connectivity index (χ2n) is 9.65. The van der Waals surface area contributed by atoms with Crippen LogP contribution in [0.2, 0.25) is 0 Å². The Kier molecular flexibility index (Phi) is 11.6. The molecule has 4 amide bonds. The van der Waals surface area contributed by atoms with Gasteiger partial charge in [0.2, 0.25) is 17.7 Å². The van der Waals surface area contributed by atoms with Crippen molar-refractivity contribution in [3.63, 3.8) is 0 Å². The molecule has 4 N–H and O–H groups in total. The van der Waals surface area contributed by atoms with Crippen LogP contribution in [0.1, 0.15) is 31.4 Å². The molecule has 5 atom stereocenters. The molecule has 0 bridgehead atoms. The molecule has 1 aliphatic heterocycles. The molecule has 2 aromatic rings. The molecular weight excluding hydrogens is 532 g/mol. The molecule has 0 radical (unpaired) electrons. The van der Waals surface area contributed by atoms with Crippen LogP contribution in [0.5, 0.6) is 0 Å². The highest BCUT2D eigenvalue weighted by atomic mass is 16.6. The van der Waals surface area contributed by atoms with E-state index in [1.54, 1.807) is 0 Å². The molecule has 0 saturated carbocycles. The van der Waals surface area contributed by atoms with Crippen LogP contribution in [0.4, 0.5) is 4.79 Å². The minimum Gasteiger partial charge on any atom is -0.467 e. The zero-order valence-corrected chi connectivity index (χ0v) is 23.3. The Balaban J connectivity index is 1.44. The number of hydrogen-bond donors (Lipinski definition) is 4. The highest BCUT2D eigenvalue weighted by molar-refractivity contribution is 5.90. The Hall–Kier alpha value is -4.45. The Labute approximate surface area is 238 Å². The molecule has 12 heteroatoms. The number of carbonyl (C=O) groups excluding carboxylic acids is 5. The molecule has 12 nitrogen and oxygen atoms in total. The smallest absolute Gasteiger partial charge is 0.408 e. The van der Waals surface area contributed by atoms with Gasteiger partial charge in [0.1, 0.15) is 30.8 Å². The van der Waals surface area contributed by atoms with Gasteiger partial charge in [0.25, 0.3) is 0 Å². The lowest BCUT2D eigenvalue weighted by molar-refractivity contribution is -0.144. The van der Waals surface area contributed by atoms with Crippen molar-refractivity contribution in [2.75, 3.05) is 13.7 Å². The van der Waals surface area contributed by atoms with E-state index in [2.05, 4.69) is 26.0 Å². The van der Waals surface area contributed by atoms with Crippen molar-refractivity contribution in [1.82, 2.24) is 21.3 Å². The standard InChI is InChI=1S/C29H36N4O8/c1-18(26(35)32-19(2)28(37)39-3)31-25(34)15-23-24(41-23)16-30-27(36)22(14-20-10-6-4-7-11-20)33-29(38)40-17-21-12-8-5-9-13-21/h4-13,18-19,22-24H,14-17H2,1-3H3,(H,30,36)(H,31,34)(H,32,35)(H,33,38)/t18-,19+,22-,23?,24?/m0/s1. The van der Waals surface area contributed by atoms with E-state index in [0.29, 0.717) is 0 Å². The number of hydrogen-bond acceptors (Lipinski definition) is 8. The summed E-state index contributed by atoms with van der Waals surface area (Å²) in [6.45, 7) is 3.17. The maximum absolute atomic E-state index is 13.0. The first-order chi connectivity index (χ1) is 19.7. The van der Waals surface area contributed by atoms with Gasteiger partial charge in [-0.2, -0.15) is 0 Å². The van der Waals surface area contributed by atoms with Crippen molar-refractivity contribution in [2.45, 2.75) is 63.6 Å². The van der Waals surface area contributed by atoms with Gasteiger partial charge in [0, 0.05) is 13.0 Å². The second kappa shape index (κ2) is 15.4. The highest BCUT2D eigenvalue weighted by Gasteiger charge is 2.41. The van der Waals surface area contributed by atoms with E-state index in [9.17, 15) is 24.0 Å². The Morgan fingerprint density at radius 2 is 1.44 bits per heavy atom. The summed E-state index contributed by atoms with van der Waals surface area (Å²) in [5.74, 6) is -1.97. The minimum atomic E-state index is -0.895. The number of methoxy groups -OCH3 is 1. The third-order valence-electron chi connectivity index (χ3n) is 6.34. The van der Waals surface area contributed by atoms with Gasteiger partial charge in [-0.25, -0.2) is 9.59 Å².